The van der Waals surface area contributed by atoms with Crippen LogP contribution in [0.5, 0.6) is 0 Å². The molecule has 4 rings (SSSR count). The zero-order valence-corrected chi connectivity index (χ0v) is 18.7. The molecule has 2 aromatic carbocycles. The Hall–Kier alpha value is -3.32. The summed E-state index contributed by atoms with van der Waals surface area (Å²) in [6.07, 6.45) is 3.91. The van der Waals surface area contributed by atoms with Crippen LogP contribution in [0.4, 0.5) is 8.78 Å². The minimum Gasteiger partial charge on any atom is -0.385 e. The van der Waals surface area contributed by atoms with Crippen molar-refractivity contribution in [2.45, 2.75) is 20.3 Å². The van der Waals surface area contributed by atoms with Crippen LogP contribution in [-0.2, 0) is 6.42 Å². The number of halogens is 2. The van der Waals surface area contributed by atoms with Crippen molar-refractivity contribution in [2.75, 3.05) is 6.54 Å². The Morgan fingerprint density at radius 3 is 2.72 bits per heavy atom. The Balaban J connectivity index is 1.55. The number of fused-ring (bicyclic) bond motifs is 1. The topological polar surface area (TPSA) is 66.2 Å². The minimum absolute atomic E-state index is 0.256. The number of aliphatic imine (C=N–C) groups is 1. The number of aromatic amines is 1. The van der Waals surface area contributed by atoms with E-state index >= 15 is 0 Å². The summed E-state index contributed by atoms with van der Waals surface area (Å²) >= 11 is 1.37. The molecule has 1 aromatic heterocycles. The third kappa shape index (κ3) is 4.08. The highest BCUT2D eigenvalue weighted by Crippen LogP contribution is 2.42. The highest BCUT2D eigenvalue weighted by Gasteiger charge is 2.23. The molecule has 0 amide bonds. The molecule has 0 radical (unpaired) electrons. The van der Waals surface area contributed by atoms with E-state index in [1.54, 1.807) is 24.3 Å². The van der Waals surface area contributed by atoms with Crippen molar-refractivity contribution in [3.8, 4) is 0 Å². The van der Waals surface area contributed by atoms with Crippen molar-refractivity contribution >= 4 is 33.3 Å². The number of nitrogens with one attached hydrogen (secondary N) is 2. The normalized spacial score (nSPS) is 16.5. The molecule has 4 nitrogen and oxygen atoms in total. The quantitative estimate of drug-likeness (QED) is 0.452. The Morgan fingerprint density at radius 2 is 1.97 bits per heavy atom. The molecule has 0 aliphatic carbocycles. The van der Waals surface area contributed by atoms with Crippen LogP contribution in [0.1, 0.15) is 22.4 Å². The van der Waals surface area contributed by atoms with Crippen LogP contribution in [0.15, 0.2) is 71.0 Å². The first kappa shape index (κ1) is 21.9. The first-order chi connectivity index (χ1) is 15.4. The summed E-state index contributed by atoms with van der Waals surface area (Å²) < 4.78 is 28.5. The molecule has 32 heavy (non-hydrogen) atoms. The maximum atomic E-state index is 14.3. The van der Waals surface area contributed by atoms with Gasteiger partial charge in [0.25, 0.3) is 0 Å². The molecule has 4 N–H and O–H groups in total. The summed E-state index contributed by atoms with van der Waals surface area (Å²) in [4.78, 5) is 8.92. The molecule has 0 saturated heterocycles. The summed E-state index contributed by atoms with van der Waals surface area (Å²) in [5.74, 6) is -0.0955. The molecule has 0 spiro atoms. The van der Waals surface area contributed by atoms with Crippen LogP contribution < -0.4 is 11.1 Å². The molecule has 164 valence electrons. The van der Waals surface area contributed by atoms with Crippen LogP contribution in [-0.4, -0.2) is 17.2 Å². The van der Waals surface area contributed by atoms with E-state index in [-0.39, 0.29) is 11.6 Å². The van der Waals surface area contributed by atoms with Gasteiger partial charge in [-0.25, -0.2) is 8.78 Å². The Kier molecular flexibility index (Phi) is 6.19. The maximum Gasteiger partial charge on any atom is 0.147 e. The number of hydrogen-bond acceptors (Lipinski definition) is 4. The predicted molar refractivity (Wildman–Crippen MR) is 130 cm³/mol. The van der Waals surface area contributed by atoms with E-state index in [9.17, 15) is 8.78 Å². The number of rotatable bonds is 6. The standard InChI is InChI=1S/C25H24F2N4S/c1-4-29-20-13-21(17-7-5-6-8-18(17)26)32-24(20)25(28)30-12-11-16-15(3)31-23-19(27)10-9-14(2)22(16)23/h4-10,13,30-31H,1,11-12,28H2,2-3H3/b25-24-,29-20-. The van der Waals surface area contributed by atoms with E-state index in [2.05, 4.69) is 21.9 Å². The van der Waals surface area contributed by atoms with Gasteiger partial charge in [0.1, 0.15) is 17.5 Å². The molecule has 0 fully saturated rings. The summed E-state index contributed by atoms with van der Waals surface area (Å²) in [7, 11) is 0. The third-order valence-corrected chi connectivity index (χ3v) is 6.64. The molecule has 3 aromatic rings. The van der Waals surface area contributed by atoms with E-state index in [1.165, 1.54) is 30.1 Å². The Labute approximate surface area is 190 Å². The van der Waals surface area contributed by atoms with E-state index in [1.807, 2.05) is 19.9 Å². The van der Waals surface area contributed by atoms with Gasteiger partial charge in [-0.2, -0.15) is 0 Å². The number of aryl methyl sites for hydroxylation is 2. The lowest BCUT2D eigenvalue weighted by molar-refractivity contribution is 0.625. The van der Waals surface area contributed by atoms with Crippen LogP contribution in [0.3, 0.4) is 0 Å². The lowest BCUT2D eigenvalue weighted by Gasteiger charge is -2.11. The monoisotopic (exact) mass is 450 g/mol. The van der Waals surface area contributed by atoms with Crippen LogP contribution in [0, 0.1) is 25.5 Å². The second-order valence-electron chi connectivity index (χ2n) is 7.55. The fraction of sp³-hybridized carbons (Fsp3) is 0.160. The van der Waals surface area contributed by atoms with E-state index in [4.69, 9.17) is 5.73 Å². The summed E-state index contributed by atoms with van der Waals surface area (Å²) in [5.41, 5.74) is 11.1. The highest BCUT2D eigenvalue weighted by atomic mass is 32.2. The molecule has 2 heterocycles. The largest absolute Gasteiger partial charge is 0.385 e. The number of nitrogens with zero attached hydrogens (tertiary/aromatic N) is 1. The molecule has 7 heteroatoms. The number of nitrogens with two attached hydrogens (primary N) is 1. The van der Waals surface area contributed by atoms with Gasteiger partial charge in [0.2, 0.25) is 0 Å². The van der Waals surface area contributed by atoms with Gasteiger partial charge in [0.05, 0.1) is 16.1 Å². The van der Waals surface area contributed by atoms with Gasteiger partial charge in [-0.3, -0.25) is 4.99 Å². The Bertz CT molecular complexity index is 1300. The van der Waals surface area contributed by atoms with Crippen molar-refractivity contribution in [2.24, 2.45) is 10.7 Å². The SMILES string of the molecule is C=C/N=C1/C=C(c2ccccc2F)S/C1=C(/N)NCCc1c(C)[nH]c2c(F)ccc(C)c12. The molecule has 0 unspecified atom stereocenters. The third-order valence-electron chi connectivity index (χ3n) is 5.45. The van der Waals surface area contributed by atoms with Crippen molar-refractivity contribution in [1.29, 1.82) is 0 Å². The van der Waals surface area contributed by atoms with Crippen LogP contribution in [0.2, 0.25) is 0 Å². The lowest BCUT2D eigenvalue weighted by atomic mass is 10.0. The Morgan fingerprint density at radius 1 is 1.19 bits per heavy atom. The average Bonchev–Trinajstić information content (AvgIpc) is 3.33. The number of thioether (sulfide) groups is 1. The molecule has 0 atom stereocenters. The first-order valence-corrected chi connectivity index (χ1v) is 11.1. The maximum absolute atomic E-state index is 14.3. The summed E-state index contributed by atoms with van der Waals surface area (Å²) in [5, 5.41) is 4.17. The predicted octanol–water partition coefficient (Wildman–Crippen LogP) is 5.70. The van der Waals surface area contributed by atoms with Gasteiger partial charge in [0, 0.05) is 34.3 Å². The number of H-pyrrole nitrogens is 1. The summed E-state index contributed by atoms with van der Waals surface area (Å²) in [6, 6.07) is 9.88. The zero-order valence-electron chi connectivity index (χ0n) is 17.9. The van der Waals surface area contributed by atoms with Crippen molar-refractivity contribution in [3.05, 3.63) is 100.0 Å². The molecule has 1 aliphatic heterocycles. The van der Waals surface area contributed by atoms with Gasteiger partial charge in [-0.15, -0.1) is 0 Å². The number of aromatic nitrogens is 1. The number of hydrogen-bond donors (Lipinski definition) is 3. The molecule has 0 saturated carbocycles. The van der Waals surface area contributed by atoms with Gasteiger partial charge < -0.3 is 16.0 Å². The first-order valence-electron chi connectivity index (χ1n) is 10.2. The lowest BCUT2D eigenvalue weighted by Crippen LogP contribution is -2.25. The average molecular weight is 451 g/mol. The molecule has 1 aliphatic rings. The second-order valence-corrected chi connectivity index (χ2v) is 8.60. The van der Waals surface area contributed by atoms with Gasteiger partial charge in [-0.1, -0.05) is 42.6 Å². The van der Waals surface area contributed by atoms with Gasteiger partial charge >= 0.3 is 0 Å². The summed E-state index contributed by atoms with van der Waals surface area (Å²) in [6.45, 7) is 8.14. The minimum atomic E-state index is -0.297. The van der Waals surface area contributed by atoms with E-state index in [0.717, 1.165) is 32.0 Å². The molecular weight excluding hydrogens is 426 g/mol. The van der Waals surface area contributed by atoms with Gasteiger partial charge in [0.15, 0.2) is 0 Å². The number of allylic oxidation sites excluding steroid dienone is 2. The van der Waals surface area contributed by atoms with Crippen molar-refractivity contribution < 1.29 is 8.78 Å². The van der Waals surface area contributed by atoms with Crippen molar-refractivity contribution in [3.63, 3.8) is 0 Å². The fourth-order valence-electron chi connectivity index (χ4n) is 3.92. The molecular formula is C25H24F2N4S. The van der Waals surface area contributed by atoms with Gasteiger partial charge in [-0.05, 0) is 49.6 Å². The number of benzene rings is 2. The van der Waals surface area contributed by atoms with Crippen LogP contribution in [0.25, 0.3) is 15.8 Å². The zero-order chi connectivity index (χ0) is 22.8. The van der Waals surface area contributed by atoms with E-state index < -0.39 is 0 Å². The highest BCUT2D eigenvalue weighted by molar-refractivity contribution is 8.13. The fourth-order valence-corrected chi connectivity index (χ4v) is 4.98. The van der Waals surface area contributed by atoms with Crippen LogP contribution >= 0.6 is 11.8 Å². The van der Waals surface area contributed by atoms with E-state index in [0.29, 0.717) is 35.6 Å². The molecule has 0 bridgehead atoms. The second kappa shape index (κ2) is 9.04. The smallest absolute Gasteiger partial charge is 0.147 e. The van der Waals surface area contributed by atoms with Crippen molar-refractivity contribution in [1.82, 2.24) is 10.3 Å².